The van der Waals surface area contributed by atoms with Crippen LogP contribution in [0.4, 0.5) is 11.5 Å². The van der Waals surface area contributed by atoms with Crippen LogP contribution in [-0.2, 0) is 31.0 Å². The highest BCUT2D eigenvalue weighted by atomic mass is 32.2. The van der Waals surface area contributed by atoms with E-state index in [-0.39, 0.29) is 40.0 Å². The van der Waals surface area contributed by atoms with Crippen LogP contribution in [0.2, 0.25) is 0 Å². The summed E-state index contributed by atoms with van der Waals surface area (Å²) in [6.07, 6.45) is 8.26. The summed E-state index contributed by atoms with van der Waals surface area (Å²) >= 11 is 0. The van der Waals surface area contributed by atoms with Crippen molar-refractivity contribution in [2.24, 2.45) is 0 Å². The Hall–Kier alpha value is -3.03. The summed E-state index contributed by atoms with van der Waals surface area (Å²) in [5.74, 6) is -0.812. The van der Waals surface area contributed by atoms with E-state index in [1.807, 2.05) is 0 Å². The lowest BCUT2D eigenvalue weighted by Gasteiger charge is -2.18. The molecule has 3 heterocycles. The lowest BCUT2D eigenvalue weighted by molar-refractivity contribution is 0.0991. The number of fused-ring (bicyclic) bond motifs is 2. The number of nitrogens with one attached hydrogen (secondary N) is 1. The molecule has 0 aliphatic carbocycles. The molecule has 206 valence electrons. The van der Waals surface area contributed by atoms with Gasteiger partial charge in [0.1, 0.15) is 5.56 Å². The molecule has 0 atom stereocenters. The smallest absolute Gasteiger partial charge is 0.266 e. The summed E-state index contributed by atoms with van der Waals surface area (Å²) in [6.45, 7) is 2.41. The Bertz CT molecular complexity index is 1520. The van der Waals surface area contributed by atoms with Crippen molar-refractivity contribution in [1.29, 1.82) is 0 Å². The summed E-state index contributed by atoms with van der Waals surface area (Å²) in [5, 5.41) is 4.24. The summed E-state index contributed by atoms with van der Waals surface area (Å²) in [4.78, 5) is 19.8. The summed E-state index contributed by atoms with van der Waals surface area (Å²) in [6, 6.07) is 6.45. The molecule has 0 saturated heterocycles. The molecule has 38 heavy (non-hydrogen) atoms. The van der Waals surface area contributed by atoms with E-state index in [0.717, 1.165) is 31.2 Å². The number of carbonyl (C=O) groups is 1. The van der Waals surface area contributed by atoms with Gasteiger partial charge in [0.05, 0.1) is 23.0 Å². The minimum absolute atomic E-state index is 0.0169. The van der Waals surface area contributed by atoms with Crippen molar-refractivity contribution >= 4 is 42.9 Å². The van der Waals surface area contributed by atoms with Crippen molar-refractivity contribution in [1.82, 2.24) is 14.6 Å². The van der Waals surface area contributed by atoms with Gasteiger partial charge >= 0.3 is 0 Å². The molecule has 0 bridgehead atoms. The lowest BCUT2D eigenvalue weighted by Crippen LogP contribution is -2.30. The van der Waals surface area contributed by atoms with E-state index in [1.54, 1.807) is 24.4 Å². The highest BCUT2D eigenvalue weighted by Crippen LogP contribution is 2.34. The highest BCUT2D eigenvalue weighted by Gasteiger charge is 2.32. The van der Waals surface area contributed by atoms with E-state index in [0.29, 0.717) is 25.1 Å². The number of benzene rings is 1. The first kappa shape index (κ1) is 28.0. The average molecular weight is 564 g/mol. The number of anilines is 2. The van der Waals surface area contributed by atoms with Crippen LogP contribution < -0.4 is 9.62 Å². The molecule has 4 rings (SSSR count). The molecule has 0 radical (unpaired) electrons. The number of sulfone groups is 1. The van der Waals surface area contributed by atoms with Gasteiger partial charge in [-0.25, -0.2) is 26.3 Å². The number of carbonyl (C=O) groups excluding carboxylic acids is 1. The van der Waals surface area contributed by atoms with Crippen molar-refractivity contribution < 1.29 is 26.4 Å². The van der Waals surface area contributed by atoms with Gasteiger partial charge in [-0.15, -0.1) is 5.10 Å². The van der Waals surface area contributed by atoms with E-state index in [2.05, 4.69) is 21.7 Å². The maximum absolute atomic E-state index is 13.8. The molecule has 2 aromatic heterocycles. The third-order valence-electron chi connectivity index (χ3n) is 6.48. The first-order valence-electron chi connectivity index (χ1n) is 12.7. The third kappa shape index (κ3) is 6.16. The Labute approximate surface area is 223 Å². The first-order chi connectivity index (χ1) is 18.2. The first-order valence-corrected chi connectivity index (χ1v) is 16.0. The number of ether oxygens (including phenoxy) is 1. The van der Waals surface area contributed by atoms with Crippen LogP contribution in [-0.4, -0.2) is 69.1 Å². The van der Waals surface area contributed by atoms with Crippen LogP contribution in [0.25, 0.3) is 5.65 Å². The zero-order chi connectivity index (χ0) is 27.3. The monoisotopic (exact) mass is 563 g/mol. The minimum atomic E-state index is -3.84. The van der Waals surface area contributed by atoms with Gasteiger partial charge in [0, 0.05) is 31.7 Å². The summed E-state index contributed by atoms with van der Waals surface area (Å²) < 4.78 is 59.5. The second-order valence-corrected chi connectivity index (χ2v) is 13.2. The topological polar surface area (TPSA) is 140 Å². The quantitative estimate of drug-likeness (QED) is 0.313. The van der Waals surface area contributed by atoms with E-state index in [9.17, 15) is 21.6 Å². The zero-order valence-electron chi connectivity index (χ0n) is 21.6. The highest BCUT2D eigenvalue weighted by molar-refractivity contribution is 7.92. The van der Waals surface area contributed by atoms with Gasteiger partial charge < -0.3 is 9.64 Å². The molecule has 3 aromatic rings. The Morgan fingerprint density at radius 2 is 1.89 bits per heavy atom. The van der Waals surface area contributed by atoms with Crippen LogP contribution in [0.15, 0.2) is 41.6 Å². The normalized spacial score (nSPS) is 13.7. The van der Waals surface area contributed by atoms with Gasteiger partial charge in [-0.2, -0.15) is 0 Å². The molecule has 0 unspecified atom stereocenters. The van der Waals surface area contributed by atoms with Gasteiger partial charge in [-0.1, -0.05) is 32.6 Å². The number of hydrogen-bond acceptors (Lipinski definition) is 8. The molecule has 1 aliphatic rings. The predicted molar refractivity (Wildman–Crippen MR) is 145 cm³/mol. The van der Waals surface area contributed by atoms with Crippen molar-refractivity contribution in [2.45, 2.75) is 50.3 Å². The van der Waals surface area contributed by atoms with E-state index < -0.39 is 25.8 Å². The molecule has 1 N–H and O–H groups in total. The maximum Gasteiger partial charge on any atom is 0.266 e. The number of hydrogen-bond donors (Lipinski definition) is 1. The number of methoxy groups -OCH3 is 1. The van der Waals surface area contributed by atoms with Crippen LogP contribution in [0, 0.1) is 0 Å². The van der Waals surface area contributed by atoms with Gasteiger partial charge in [0.25, 0.3) is 5.91 Å². The molecule has 0 saturated carbocycles. The second-order valence-electron chi connectivity index (χ2n) is 9.26. The molecule has 11 nitrogen and oxygen atoms in total. The molecule has 1 amide bonds. The Morgan fingerprint density at radius 1 is 1.11 bits per heavy atom. The van der Waals surface area contributed by atoms with Crippen LogP contribution >= 0.6 is 0 Å². The predicted octanol–water partition coefficient (Wildman–Crippen LogP) is 3.06. The fraction of sp³-hybridized carbons (Fsp3) is 0.480. The number of sulfonamides is 1. The van der Waals surface area contributed by atoms with Crippen LogP contribution in [0.5, 0.6) is 0 Å². The van der Waals surface area contributed by atoms with Crippen LogP contribution in [0.3, 0.4) is 0 Å². The average Bonchev–Trinajstić information content (AvgIpc) is 3.47. The summed E-state index contributed by atoms with van der Waals surface area (Å²) in [7, 11) is -5.87. The fourth-order valence-corrected chi connectivity index (χ4v) is 6.82. The summed E-state index contributed by atoms with van der Waals surface area (Å²) in [5.41, 5.74) is 1.55. The van der Waals surface area contributed by atoms with Crippen molar-refractivity contribution in [3.63, 3.8) is 0 Å². The number of unbranched alkanes of at least 4 members (excludes halogenated alkanes) is 4. The van der Waals surface area contributed by atoms with Crippen LogP contribution in [0.1, 0.15) is 54.9 Å². The molecule has 1 aromatic carbocycles. The minimum Gasteiger partial charge on any atom is -0.384 e. The van der Waals surface area contributed by atoms with E-state index in [1.165, 1.54) is 28.8 Å². The molecular formula is C25H33N5O6S2. The number of aromatic nitrogens is 3. The molecule has 1 aliphatic heterocycles. The Kier molecular flexibility index (Phi) is 8.68. The van der Waals surface area contributed by atoms with Gasteiger partial charge in [0.15, 0.2) is 21.3 Å². The SMILES string of the molecule is CCCCCCCS(=O)(=O)c1ccc2c(c1)CCN2C(=O)c1c(NS(=O)(=O)CCOC)nn2cccnc12. The third-order valence-corrected chi connectivity index (χ3v) is 9.49. The lowest BCUT2D eigenvalue weighted by atomic mass is 10.1. The maximum atomic E-state index is 13.8. The largest absolute Gasteiger partial charge is 0.384 e. The number of nitrogens with zero attached hydrogens (tertiary/aromatic N) is 4. The fourth-order valence-electron chi connectivity index (χ4n) is 4.48. The van der Waals surface area contributed by atoms with Gasteiger partial charge in [-0.3, -0.25) is 9.52 Å². The van der Waals surface area contributed by atoms with Gasteiger partial charge in [0.2, 0.25) is 10.0 Å². The van der Waals surface area contributed by atoms with Crippen molar-refractivity contribution in [2.75, 3.05) is 41.4 Å². The molecule has 0 spiro atoms. The molecular weight excluding hydrogens is 530 g/mol. The number of amides is 1. The van der Waals surface area contributed by atoms with Crippen molar-refractivity contribution in [3.8, 4) is 0 Å². The molecule has 0 fully saturated rings. The standard InChI is InChI=1S/C25H33N5O6S2/c1-3-4-5-6-7-16-37(32,33)20-9-10-21-19(18-20)11-14-29(21)25(31)22-23(28-38(34,35)17-15-36-2)27-30-13-8-12-26-24(22)30/h8-10,12-13,18H,3-7,11,14-17H2,1-2H3,(H,27,28). The Balaban J connectivity index is 1.60. The zero-order valence-corrected chi connectivity index (χ0v) is 23.2. The van der Waals surface area contributed by atoms with E-state index in [4.69, 9.17) is 4.74 Å². The van der Waals surface area contributed by atoms with Crippen molar-refractivity contribution in [3.05, 3.63) is 47.8 Å². The van der Waals surface area contributed by atoms with Gasteiger partial charge in [-0.05, 0) is 42.7 Å². The van der Waals surface area contributed by atoms with E-state index >= 15 is 0 Å². The number of rotatable bonds is 13. The second kappa shape index (κ2) is 11.8. The molecule has 13 heteroatoms. The Morgan fingerprint density at radius 3 is 2.66 bits per heavy atom.